The lowest BCUT2D eigenvalue weighted by Crippen LogP contribution is -2.31. The van der Waals surface area contributed by atoms with Crippen LogP contribution in [0.4, 0.5) is 14.9 Å². The summed E-state index contributed by atoms with van der Waals surface area (Å²) in [5, 5.41) is 16.2. The molecule has 0 aliphatic rings. The van der Waals surface area contributed by atoms with Crippen molar-refractivity contribution in [3.63, 3.8) is 0 Å². The number of H-pyrrole nitrogens is 1. The second-order valence-corrected chi connectivity index (χ2v) is 5.38. The Morgan fingerprint density at radius 3 is 2.71 bits per heavy atom. The van der Waals surface area contributed by atoms with Crippen molar-refractivity contribution >= 4 is 11.7 Å². The molecule has 3 aromatic rings. The third-order valence-corrected chi connectivity index (χ3v) is 3.69. The maximum absolute atomic E-state index is 13.0. The molecule has 24 heavy (non-hydrogen) atoms. The van der Waals surface area contributed by atoms with Gasteiger partial charge in [0.2, 0.25) is 0 Å². The van der Waals surface area contributed by atoms with Crippen LogP contribution in [0.1, 0.15) is 24.2 Å². The van der Waals surface area contributed by atoms with Crippen molar-refractivity contribution < 1.29 is 9.18 Å². The van der Waals surface area contributed by atoms with Gasteiger partial charge in [0.05, 0.1) is 29.8 Å². The quantitative estimate of drug-likeness (QED) is 0.688. The van der Waals surface area contributed by atoms with Crippen LogP contribution in [0.15, 0.2) is 42.9 Å². The Bertz CT molecular complexity index is 825. The van der Waals surface area contributed by atoms with Crippen LogP contribution in [0.2, 0.25) is 0 Å². The van der Waals surface area contributed by atoms with E-state index in [9.17, 15) is 9.18 Å². The van der Waals surface area contributed by atoms with Crippen LogP contribution in [0, 0.1) is 12.7 Å². The first-order valence-corrected chi connectivity index (χ1v) is 7.41. The summed E-state index contributed by atoms with van der Waals surface area (Å²) in [4.78, 5) is 12.0. The highest BCUT2D eigenvalue weighted by Gasteiger charge is 2.16. The van der Waals surface area contributed by atoms with Gasteiger partial charge in [-0.2, -0.15) is 10.2 Å². The Labute approximate surface area is 137 Å². The third kappa shape index (κ3) is 3.27. The Morgan fingerprint density at radius 1 is 1.29 bits per heavy atom. The first kappa shape index (κ1) is 15.7. The number of hydrogen-bond donors (Lipinski definition) is 3. The molecule has 3 N–H and O–H groups in total. The molecule has 0 aliphatic heterocycles. The predicted octanol–water partition coefficient (Wildman–Crippen LogP) is 2.93. The van der Waals surface area contributed by atoms with Gasteiger partial charge in [0.1, 0.15) is 5.82 Å². The number of aromatic amines is 1. The molecule has 7 nitrogen and oxygen atoms in total. The standard InChI is InChI=1S/C16H17FN6O/c1-10(21-16(24)22-13-7-18-19-8-13)15-9-20-23(11(15)2)14-5-3-12(17)4-6-14/h3-10H,1-2H3,(H,18,19)(H2,21,22,24)/t10-/m1/s1. The zero-order valence-corrected chi connectivity index (χ0v) is 13.2. The second-order valence-electron chi connectivity index (χ2n) is 5.38. The summed E-state index contributed by atoms with van der Waals surface area (Å²) in [5.74, 6) is -0.297. The fourth-order valence-corrected chi connectivity index (χ4v) is 2.45. The van der Waals surface area contributed by atoms with Crippen LogP contribution in [0.25, 0.3) is 5.69 Å². The summed E-state index contributed by atoms with van der Waals surface area (Å²) < 4.78 is 14.8. The molecule has 2 amide bonds. The van der Waals surface area contributed by atoms with Crippen molar-refractivity contribution in [1.82, 2.24) is 25.3 Å². The van der Waals surface area contributed by atoms with E-state index in [4.69, 9.17) is 0 Å². The third-order valence-electron chi connectivity index (χ3n) is 3.69. The van der Waals surface area contributed by atoms with E-state index in [0.29, 0.717) is 5.69 Å². The summed E-state index contributed by atoms with van der Waals surface area (Å²) in [6.45, 7) is 3.77. The molecule has 0 saturated carbocycles. The van der Waals surface area contributed by atoms with E-state index in [2.05, 4.69) is 25.9 Å². The van der Waals surface area contributed by atoms with Crippen LogP contribution < -0.4 is 10.6 Å². The van der Waals surface area contributed by atoms with Crippen LogP contribution in [0.3, 0.4) is 0 Å². The van der Waals surface area contributed by atoms with Gasteiger partial charge >= 0.3 is 6.03 Å². The molecule has 0 bridgehead atoms. The van der Waals surface area contributed by atoms with Gasteiger partial charge < -0.3 is 10.6 Å². The largest absolute Gasteiger partial charge is 0.331 e. The van der Waals surface area contributed by atoms with Crippen LogP contribution in [-0.2, 0) is 0 Å². The van der Waals surface area contributed by atoms with Crippen LogP contribution in [-0.4, -0.2) is 26.0 Å². The van der Waals surface area contributed by atoms with Crippen molar-refractivity contribution in [2.45, 2.75) is 19.9 Å². The molecule has 0 saturated heterocycles. The van der Waals surface area contributed by atoms with Gasteiger partial charge in [-0.25, -0.2) is 13.9 Å². The SMILES string of the molecule is Cc1c([C@@H](C)NC(=O)Nc2cn[nH]c2)cnn1-c1ccc(F)cc1. The molecule has 0 radical (unpaired) electrons. The number of carbonyl (C=O) groups is 1. The Kier molecular flexibility index (Phi) is 4.28. The Balaban J connectivity index is 1.72. The number of amides is 2. The lowest BCUT2D eigenvalue weighted by atomic mass is 10.1. The smallest absolute Gasteiger partial charge is 0.319 e. The minimum Gasteiger partial charge on any atom is -0.331 e. The van der Waals surface area contributed by atoms with E-state index < -0.39 is 0 Å². The van der Waals surface area contributed by atoms with E-state index in [1.54, 1.807) is 29.2 Å². The highest BCUT2D eigenvalue weighted by Crippen LogP contribution is 2.20. The first-order valence-electron chi connectivity index (χ1n) is 7.41. The van der Waals surface area contributed by atoms with Gasteiger partial charge in [0.25, 0.3) is 0 Å². The average Bonchev–Trinajstić information content (AvgIpc) is 3.18. The molecule has 1 atom stereocenters. The van der Waals surface area contributed by atoms with Crippen molar-refractivity contribution in [2.75, 3.05) is 5.32 Å². The first-order chi connectivity index (χ1) is 11.5. The van der Waals surface area contributed by atoms with E-state index in [1.165, 1.54) is 18.3 Å². The molecule has 0 spiro atoms. The summed E-state index contributed by atoms with van der Waals surface area (Å²) in [6, 6.07) is 5.50. The maximum atomic E-state index is 13.0. The molecule has 3 rings (SSSR count). The van der Waals surface area contributed by atoms with Crippen molar-refractivity contribution in [1.29, 1.82) is 0 Å². The highest BCUT2D eigenvalue weighted by atomic mass is 19.1. The fourth-order valence-electron chi connectivity index (χ4n) is 2.45. The number of halogens is 1. The van der Waals surface area contributed by atoms with E-state index >= 15 is 0 Å². The molecule has 1 aromatic carbocycles. The monoisotopic (exact) mass is 328 g/mol. The zero-order chi connectivity index (χ0) is 17.1. The molecular formula is C16H17FN6O. The zero-order valence-electron chi connectivity index (χ0n) is 13.2. The average molecular weight is 328 g/mol. The normalized spacial score (nSPS) is 12.0. The number of carbonyl (C=O) groups excluding carboxylic acids is 1. The number of rotatable bonds is 4. The Morgan fingerprint density at radius 2 is 2.04 bits per heavy atom. The van der Waals surface area contributed by atoms with Crippen molar-refractivity contribution in [2.24, 2.45) is 0 Å². The molecule has 8 heteroatoms. The minimum absolute atomic E-state index is 0.244. The molecular weight excluding hydrogens is 311 g/mol. The van der Waals surface area contributed by atoms with Crippen molar-refractivity contribution in [3.05, 3.63) is 59.9 Å². The van der Waals surface area contributed by atoms with Gasteiger partial charge in [-0.05, 0) is 38.1 Å². The van der Waals surface area contributed by atoms with Gasteiger partial charge in [0.15, 0.2) is 0 Å². The van der Waals surface area contributed by atoms with E-state index in [-0.39, 0.29) is 17.9 Å². The molecule has 0 aliphatic carbocycles. The van der Waals surface area contributed by atoms with Gasteiger partial charge in [-0.3, -0.25) is 5.10 Å². The van der Waals surface area contributed by atoms with Crippen LogP contribution in [0.5, 0.6) is 0 Å². The number of nitrogens with zero attached hydrogens (tertiary/aromatic N) is 3. The van der Waals surface area contributed by atoms with E-state index in [0.717, 1.165) is 16.9 Å². The van der Waals surface area contributed by atoms with Gasteiger partial charge in [-0.1, -0.05) is 0 Å². The van der Waals surface area contributed by atoms with Crippen LogP contribution >= 0.6 is 0 Å². The summed E-state index contributed by atoms with van der Waals surface area (Å²) in [6.07, 6.45) is 4.80. The number of benzene rings is 1. The second kappa shape index (κ2) is 6.53. The molecule has 0 unspecified atom stereocenters. The lowest BCUT2D eigenvalue weighted by Gasteiger charge is -2.14. The molecule has 0 fully saturated rings. The molecule has 2 heterocycles. The highest BCUT2D eigenvalue weighted by molar-refractivity contribution is 5.89. The van der Waals surface area contributed by atoms with Gasteiger partial charge in [-0.15, -0.1) is 0 Å². The summed E-state index contributed by atoms with van der Waals surface area (Å²) >= 11 is 0. The summed E-state index contributed by atoms with van der Waals surface area (Å²) in [7, 11) is 0. The lowest BCUT2D eigenvalue weighted by molar-refractivity contribution is 0.249. The number of nitrogens with one attached hydrogen (secondary N) is 3. The number of urea groups is 1. The van der Waals surface area contributed by atoms with Crippen molar-refractivity contribution in [3.8, 4) is 5.69 Å². The maximum Gasteiger partial charge on any atom is 0.319 e. The Hall–Kier alpha value is -3.16. The minimum atomic E-state index is -0.335. The number of anilines is 1. The van der Waals surface area contributed by atoms with E-state index in [1.807, 2.05) is 13.8 Å². The molecule has 124 valence electrons. The number of aromatic nitrogens is 4. The number of hydrogen-bond acceptors (Lipinski definition) is 3. The van der Waals surface area contributed by atoms with Gasteiger partial charge in [0, 0.05) is 17.5 Å². The molecule has 2 aromatic heterocycles. The summed E-state index contributed by atoms with van der Waals surface area (Å²) in [5.41, 5.74) is 3.09. The fraction of sp³-hybridized carbons (Fsp3) is 0.188. The topological polar surface area (TPSA) is 87.6 Å². The predicted molar refractivity (Wildman–Crippen MR) is 87.4 cm³/mol.